The quantitative estimate of drug-likeness (QED) is 0.437. The lowest BCUT2D eigenvalue weighted by atomic mass is 9.99. The van der Waals surface area contributed by atoms with E-state index >= 15 is 0 Å². The Labute approximate surface area is 157 Å². The summed E-state index contributed by atoms with van der Waals surface area (Å²) in [7, 11) is 5.17. The first-order valence-corrected chi connectivity index (χ1v) is 9.36. The molecule has 26 heavy (non-hydrogen) atoms. The molecule has 0 saturated carbocycles. The monoisotopic (exact) mass is 363 g/mol. The van der Waals surface area contributed by atoms with Crippen LogP contribution in [-0.4, -0.2) is 58.4 Å². The van der Waals surface area contributed by atoms with Crippen molar-refractivity contribution < 1.29 is 14.2 Å². The van der Waals surface area contributed by atoms with Gasteiger partial charge in [-0.05, 0) is 42.0 Å². The minimum atomic E-state index is 0.680. The van der Waals surface area contributed by atoms with Crippen LogP contribution in [0.15, 0.2) is 17.1 Å². The number of hydrogen-bond donors (Lipinski definition) is 1. The summed E-state index contributed by atoms with van der Waals surface area (Å²) in [6, 6.07) is 4.16. The zero-order valence-corrected chi connectivity index (χ0v) is 16.8. The average molecular weight is 364 g/mol. The molecule has 0 atom stereocenters. The van der Waals surface area contributed by atoms with Crippen molar-refractivity contribution in [1.29, 1.82) is 0 Å². The molecule has 0 radical (unpaired) electrons. The SMILES string of the molecule is CN=C(NCCOCCC(C)C)N1CCc2cc(OC)c(OC)cc2C1. The van der Waals surface area contributed by atoms with Crippen LogP contribution < -0.4 is 14.8 Å². The summed E-state index contributed by atoms with van der Waals surface area (Å²) in [4.78, 5) is 6.69. The van der Waals surface area contributed by atoms with Gasteiger partial charge in [0, 0.05) is 33.3 Å². The molecular weight excluding hydrogens is 330 g/mol. The summed E-state index contributed by atoms with van der Waals surface area (Å²) in [6.07, 6.45) is 2.06. The lowest BCUT2D eigenvalue weighted by molar-refractivity contribution is 0.127. The first kappa shape index (κ1) is 20.4. The van der Waals surface area contributed by atoms with E-state index in [-0.39, 0.29) is 0 Å². The maximum Gasteiger partial charge on any atom is 0.194 e. The van der Waals surface area contributed by atoms with Crippen molar-refractivity contribution in [2.24, 2.45) is 10.9 Å². The maximum absolute atomic E-state index is 5.67. The molecule has 2 rings (SSSR count). The van der Waals surface area contributed by atoms with Crippen LogP contribution in [0.25, 0.3) is 0 Å². The normalized spacial score (nSPS) is 14.4. The molecule has 1 aromatic carbocycles. The fraction of sp³-hybridized carbons (Fsp3) is 0.650. The van der Waals surface area contributed by atoms with E-state index in [9.17, 15) is 0 Å². The molecule has 1 aliphatic heterocycles. The van der Waals surface area contributed by atoms with Gasteiger partial charge in [-0.15, -0.1) is 0 Å². The van der Waals surface area contributed by atoms with Crippen LogP contribution in [0.5, 0.6) is 11.5 Å². The lowest BCUT2D eigenvalue weighted by Gasteiger charge is -2.32. The zero-order valence-electron chi connectivity index (χ0n) is 16.8. The van der Waals surface area contributed by atoms with E-state index in [2.05, 4.69) is 41.2 Å². The first-order valence-electron chi connectivity index (χ1n) is 9.36. The van der Waals surface area contributed by atoms with Gasteiger partial charge < -0.3 is 24.4 Å². The summed E-state index contributed by atoms with van der Waals surface area (Å²) in [6.45, 7) is 8.43. The fourth-order valence-corrected chi connectivity index (χ4v) is 3.05. The molecule has 0 amide bonds. The van der Waals surface area contributed by atoms with E-state index in [0.29, 0.717) is 12.5 Å². The lowest BCUT2D eigenvalue weighted by Crippen LogP contribution is -2.45. The van der Waals surface area contributed by atoms with Gasteiger partial charge in [0.2, 0.25) is 0 Å². The largest absolute Gasteiger partial charge is 0.493 e. The van der Waals surface area contributed by atoms with Crippen LogP contribution in [0.3, 0.4) is 0 Å². The molecule has 0 aliphatic carbocycles. The summed E-state index contributed by atoms with van der Waals surface area (Å²) in [5.74, 6) is 3.16. The van der Waals surface area contributed by atoms with E-state index in [1.165, 1.54) is 11.1 Å². The Kier molecular flexibility index (Phi) is 8.04. The van der Waals surface area contributed by atoms with Gasteiger partial charge in [0.1, 0.15) is 0 Å². The number of fused-ring (bicyclic) bond motifs is 1. The van der Waals surface area contributed by atoms with E-state index in [4.69, 9.17) is 14.2 Å². The third kappa shape index (κ3) is 5.53. The Hall–Kier alpha value is -1.95. The van der Waals surface area contributed by atoms with E-state index in [1.807, 2.05) is 7.05 Å². The summed E-state index contributed by atoms with van der Waals surface area (Å²) >= 11 is 0. The number of hydrogen-bond acceptors (Lipinski definition) is 4. The van der Waals surface area contributed by atoms with Gasteiger partial charge in [0.15, 0.2) is 17.5 Å². The number of nitrogens with zero attached hydrogens (tertiary/aromatic N) is 2. The number of nitrogens with one attached hydrogen (secondary N) is 1. The highest BCUT2D eigenvalue weighted by Crippen LogP contribution is 2.33. The minimum absolute atomic E-state index is 0.680. The van der Waals surface area contributed by atoms with Gasteiger partial charge in [-0.3, -0.25) is 4.99 Å². The second kappa shape index (κ2) is 10.3. The van der Waals surface area contributed by atoms with Crippen molar-refractivity contribution >= 4 is 5.96 Å². The molecule has 1 heterocycles. The Bertz CT molecular complexity index is 602. The van der Waals surface area contributed by atoms with Gasteiger partial charge in [0.05, 0.1) is 20.8 Å². The standard InChI is InChI=1S/C20H33N3O3/c1-15(2)7-10-26-11-8-22-20(21-3)23-9-6-16-12-18(24-4)19(25-5)13-17(16)14-23/h12-13,15H,6-11,14H2,1-5H3,(H,21,22). The molecule has 1 aromatic rings. The Morgan fingerprint density at radius 3 is 2.46 bits per heavy atom. The molecule has 146 valence electrons. The number of aliphatic imine (C=N–C) groups is 1. The maximum atomic E-state index is 5.67. The average Bonchev–Trinajstić information content (AvgIpc) is 2.65. The van der Waals surface area contributed by atoms with Crippen molar-refractivity contribution in [3.05, 3.63) is 23.3 Å². The second-order valence-corrected chi connectivity index (χ2v) is 6.92. The topological polar surface area (TPSA) is 55.3 Å². The van der Waals surface area contributed by atoms with E-state index < -0.39 is 0 Å². The molecule has 6 nitrogen and oxygen atoms in total. The molecule has 0 bridgehead atoms. The van der Waals surface area contributed by atoms with Crippen LogP contribution in [-0.2, 0) is 17.7 Å². The van der Waals surface area contributed by atoms with Crippen molar-refractivity contribution in [2.75, 3.05) is 47.6 Å². The molecule has 0 aromatic heterocycles. The predicted molar refractivity (Wildman–Crippen MR) is 105 cm³/mol. The molecule has 0 saturated heterocycles. The predicted octanol–water partition coefficient (Wildman–Crippen LogP) is 2.70. The fourth-order valence-electron chi connectivity index (χ4n) is 3.05. The highest BCUT2D eigenvalue weighted by Gasteiger charge is 2.21. The van der Waals surface area contributed by atoms with Gasteiger partial charge in [-0.2, -0.15) is 0 Å². The van der Waals surface area contributed by atoms with Crippen LogP contribution in [0.4, 0.5) is 0 Å². The van der Waals surface area contributed by atoms with Gasteiger partial charge >= 0.3 is 0 Å². The van der Waals surface area contributed by atoms with Crippen LogP contribution >= 0.6 is 0 Å². The first-order chi connectivity index (χ1) is 12.6. The van der Waals surface area contributed by atoms with Crippen molar-refractivity contribution in [2.45, 2.75) is 33.2 Å². The molecule has 0 spiro atoms. The third-order valence-corrected chi connectivity index (χ3v) is 4.60. The molecule has 1 N–H and O–H groups in total. The molecular formula is C20H33N3O3. The number of benzene rings is 1. The molecule has 6 heteroatoms. The third-order valence-electron chi connectivity index (χ3n) is 4.60. The van der Waals surface area contributed by atoms with Crippen molar-refractivity contribution in [3.63, 3.8) is 0 Å². The molecule has 0 unspecified atom stereocenters. The van der Waals surface area contributed by atoms with E-state index in [1.54, 1.807) is 14.2 Å². The van der Waals surface area contributed by atoms with Crippen LogP contribution in [0.1, 0.15) is 31.4 Å². The Balaban J connectivity index is 1.89. The zero-order chi connectivity index (χ0) is 18.9. The summed E-state index contributed by atoms with van der Waals surface area (Å²) < 4.78 is 16.5. The van der Waals surface area contributed by atoms with Crippen LogP contribution in [0.2, 0.25) is 0 Å². The van der Waals surface area contributed by atoms with Crippen molar-refractivity contribution in [3.8, 4) is 11.5 Å². The minimum Gasteiger partial charge on any atom is -0.493 e. The molecule has 0 fully saturated rings. The Morgan fingerprint density at radius 2 is 1.85 bits per heavy atom. The highest BCUT2D eigenvalue weighted by molar-refractivity contribution is 5.80. The molecule has 1 aliphatic rings. The van der Waals surface area contributed by atoms with Gasteiger partial charge in [0.25, 0.3) is 0 Å². The number of methoxy groups -OCH3 is 2. The number of guanidine groups is 1. The summed E-state index contributed by atoms with van der Waals surface area (Å²) in [5, 5.41) is 3.40. The highest BCUT2D eigenvalue weighted by atomic mass is 16.5. The van der Waals surface area contributed by atoms with Gasteiger partial charge in [-0.25, -0.2) is 0 Å². The smallest absolute Gasteiger partial charge is 0.194 e. The van der Waals surface area contributed by atoms with Gasteiger partial charge in [-0.1, -0.05) is 13.8 Å². The second-order valence-electron chi connectivity index (χ2n) is 6.92. The van der Waals surface area contributed by atoms with Crippen molar-refractivity contribution in [1.82, 2.24) is 10.2 Å². The number of rotatable bonds is 8. The Morgan fingerprint density at radius 1 is 1.15 bits per heavy atom. The van der Waals surface area contributed by atoms with Crippen LogP contribution in [0, 0.1) is 5.92 Å². The number of ether oxygens (including phenoxy) is 3. The van der Waals surface area contributed by atoms with E-state index in [0.717, 1.165) is 56.5 Å². The summed E-state index contributed by atoms with van der Waals surface area (Å²) in [5.41, 5.74) is 2.57.